The van der Waals surface area contributed by atoms with Crippen LogP contribution >= 0.6 is 0 Å². The summed E-state index contributed by atoms with van der Waals surface area (Å²) in [6, 6.07) is 9.30. The summed E-state index contributed by atoms with van der Waals surface area (Å²) in [5.41, 5.74) is 1.62. The Morgan fingerprint density at radius 3 is 2.75 bits per heavy atom. The Hall–Kier alpha value is -2.67. The molecule has 0 aliphatic carbocycles. The molecule has 1 atom stereocenters. The number of anilines is 4. The Bertz CT molecular complexity index is 704. The maximum absolute atomic E-state index is 11.0. The molecule has 3 N–H and O–H groups in total. The van der Waals surface area contributed by atoms with Crippen LogP contribution < -0.4 is 15.5 Å². The highest BCUT2D eigenvalue weighted by molar-refractivity contribution is 5.88. The number of carbonyl (C=O) groups excluding carboxylic acids is 1. The molecule has 1 amide bonds. The number of carbonyl (C=O) groups is 1. The maximum atomic E-state index is 11.0. The first-order valence-corrected chi connectivity index (χ1v) is 8.01. The van der Waals surface area contributed by atoms with Crippen molar-refractivity contribution in [3.05, 3.63) is 36.5 Å². The fourth-order valence-corrected chi connectivity index (χ4v) is 2.83. The second kappa shape index (κ2) is 7.27. The Kier molecular flexibility index (Phi) is 4.90. The van der Waals surface area contributed by atoms with Gasteiger partial charge in [-0.2, -0.15) is 4.98 Å². The van der Waals surface area contributed by atoms with Crippen molar-refractivity contribution in [2.24, 2.45) is 0 Å². The highest BCUT2D eigenvalue weighted by atomic mass is 16.3. The lowest BCUT2D eigenvalue weighted by Gasteiger charge is -2.23. The highest BCUT2D eigenvalue weighted by Gasteiger charge is 2.25. The van der Waals surface area contributed by atoms with Crippen LogP contribution in [0.2, 0.25) is 0 Å². The first kappa shape index (κ1) is 16.2. The second-order valence-corrected chi connectivity index (χ2v) is 5.80. The standard InChI is InChI=1S/C17H21N5O2/c1-12(24)19-13-4-6-14(7-5-13)20-16-8-9-18-17(21-16)22-10-2-3-15(22)11-23/h4-9,15,23H,2-3,10-11H2,1H3,(H,19,24)(H,18,20,21). The van der Waals surface area contributed by atoms with Crippen molar-refractivity contribution < 1.29 is 9.90 Å². The van der Waals surface area contributed by atoms with E-state index in [4.69, 9.17) is 0 Å². The van der Waals surface area contributed by atoms with Gasteiger partial charge < -0.3 is 20.6 Å². The average Bonchev–Trinajstić information content (AvgIpc) is 3.05. The number of benzene rings is 1. The normalized spacial score (nSPS) is 16.9. The van der Waals surface area contributed by atoms with Crippen LogP contribution in [-0.2, 0) is 4.79 Å². The molecule has 2 aromatic rings. The van der Waals surface area contributed by atoms with Crippen molar-refractivity contribution in [3.63, 3.8) is 0 Å². The van der Waals surface area contributed by atoms with Crippen LogP contribution in [0.4, 0.5) is 23.1 Å². The molecule has 0 radical (unpaired) electrons. The van der Waals surface area contributed by atoms with Crippen LogP contribution in [0.5, 0.6) is 0 Å². The summed E-state index contributed by atoms with van der Waals surface area (Å²) in [5, 5.41) is 15.4. The molecule has 2 heterocycles. The highest BCUT2D eigenvalue weighted by Crippen LogP contribution is 2.24. The van der Waals surface area contributed by atoms with Crippen LogP contribution in [0, 0.1) is 0 Å². The number of aliphatic hydroxyl groups is 1. The number of aromatic nitrogens is 2. The van der Waals surface area contributed by atoms with E-state index in [0.717, 1.165) is 30.8 Å². The van der Waals surface area contributed by atoms with E-state index in [9.17, 15) is 9.90 Å². The van der Waals surface area contributed by atoms with Gasteiger partial charge in [-0.05, 0) is 43.2 Å². The van der Waals surface area contributed by atoms with Gasteiger partial charge in [0, 0.05) is 31.0 Å². The molecule has 1 fully saturated rings. The minimum absolute atomic E-state index is 0.0946. The predicted molar refractivity (Wildman–Crippen MR) is 93.5 cm³/mol. The molecule has 24 heavy (non-hydrogen) atoms. The number of aliphatic hydroxyl groups excluding tert-OH is 1. The maximum Gasteiger partial charge on any atom is 0.227 e. The zero-order valence-electron chi connectivity index (χ0n) is 13.6. The first-order chi connectivity index (χ1) is 11.7. The molecular formula is C17H21N5O2. The van der Waals surface area contributed by atoms with Crippen molar-refractivity contribution in [2.45, 2.75) is 25.8 Å². The molecule has 126 valence electrons. The molecule has 1 saturated heterocycles. The van der Waals surface area contributed by atoms with Crippen LogP contribution in [0.1, 0.15) is 19.8 Å². The van der Waals surface area contributed by atoms with Gasteiger partial charge in [-0.1, -0.05) is 0 Å². The summed E-state index contributed by atoms with van der Waals surface area (Å²) in [4.78, 5) is 22.0. The molecule has 1 aromatic carbocycles. The fourth-order valence-electron chi connectivity index (χ4n) is 2.83. The molecule has 0 spiro atoms. The van der Waals surface area contributed by atoms with Crippen molar-refractivity contribution in [3.8, 4) is 0 Å². The van der Waals surface area contributed by atoms with Crippen molar-refractivity contribution in [1.29, 1.82) is 0 Å². The number of nitrogens with one attached hydrogen (secondary N) is 2. The fraction of sp³-hybridized carbons (Fsp3) is 0.353. The molecule has 1 aromatic heterocycles. The summed E-state index contributed by atoms with van der Waals surface area (Å²) in [7, 11) is 0. The van der Waals surface area contributed by atoms with E-state index >= 15 is 0 Å². The monoisotopic (exact) mass is 327 g/mol. The number of hydrogen-bond donors (Lipinski definition) is 3. The molecule has 1 aliphatic heterocycles. The topological polar surface area (TPSA) is 90.4 Å². The van der Waals surface area contributed by atoms with Crippen molar-refractivity contribution in [2.75, 3.05) is 28.7 Å². The summed E-state index contributed by atoms with van der Waals surface area (Å²) < 4.78 is 0. The van der Waals surface area contributed by atoms with E-state index in [-0.39, 0.29) is 18.6 Å². The van der Waals surface area contributed by atoms with Crippen molar-refractivity contribution in [1.82, 2.24) is 9.97 Å². The lowest BCUT2D eigenvalue weighted by molar-refractivity contribution is -0.114. The van der Waals surface area contributed by atoms with E-state index in [1.54, 1.807) is 12.3 Å². The first-order valence-electron chi connectivity index (χ1n) is 8.01. The molecule has 7 nitrogen and oxygen atoms in total. The third-order valence-corrected chi connectivity index (χ3v) is 3.97. The number of nitrogens with zero attached hydrogens (tertiary/aromatic N) is 3. The summed E-state index contributed by atoms with van der Waals surface area (Å²) in [5.74, 6) is 1.22. The number of rotatable bonds is 5. The van der Waals surface area contributed by atoms with Crippen LogP contribution in [0.25, 0.3) is 0 Å². The molecule has 3 rings (SSSR count). The molecule has 7 heteroatoms. The Balaban J connectivity index is 1.71. The Morgan fingerprint density at radius 1 is 1.29 bits per heavy atom. The predicted octanol–water partition coefficient (Wildman–Crippen LogP) is 2.14. The van der Waals surface area contributed by atoms with E-state index in [1.165, 1.54) is 6.92 Å². The quantitative estimate of drug-likeness (QED) is 0.779. The van der Waals surface area contributed by atoms with Gasteiger partial charge in [-0.3, -0.25) is 4.79 Å². The Labute approximate surface area is 140 Å². The van der Waals surface area contributed by atoms with Gasteiger partial charge in [0.05, 0.1) is 12.6 Å². The van der Waals surface area contributed by atoms with Crippen LogP contribution in [-0.4, -0.2) is 40.2 Å². The zero-order chi connectivity index (χ0) is 16.9. The minimum Gasteiger partial charge on any atom is -0.394 e. The lowest BCUT2D eigenvalue weighted by Crippen LogP contribution is -2.33. The summed E-state index contributed by atoms with van der Waals surface area (Å²) >= 11 is 0. The zero-order valence-corrected chi connectivity index (χ0v) is 13.6. The van der Waals surface area contributed by atoms with Gasteiger partial charge in [0.2, 0.25) is 11.9 Å². The van der Waals surface area contributed by atoms with Crippen LogP contribution in [0.15, 0.2) is 36.5 Å². The molecule has 0 saturated carbocycles. The van der Waals surface area contributed by atoms with Crippen LogP contribution in [0.3, 0.4) is 0 Å². The van der Waals surface area contributed by atoms with Gasteiger partial charge in [-0.15, -0.1) is 0 Å². The van der Waals surface area contributed by atoms with Gasteiger partial charge in [0.1, 0.15) is 5.82 Å². The average molecular weight is 327 g/mol. The third kappa shape index (κ3) is 3.80. The SMILES string of the molecule is CC(=O)Nc1ccc(Nc2ccnc(N3CCCC3CO)n2)cc1. The van der Waals surface area contributed by atoms with Crippen molar-refractivity contribution >= 4 is 29.0 Å². The smallest absolute Gasteiger partial charge is 0.227 e. The molecule has 1 unspecified atom stereocenters. The summed E-state index contributed by atoms with van der Waals surface area (Å²) in [6.45, 7) is 2.46. The van der Waals surface area contributed by atoms with E-state index < -0.39 is 0 Å². The minimum atomic E-state index is -0.0970. The second-order valence-electron chi connectivity index (χ2n) is 5.80. The van der Waals surface area contributed by atoms with Gasteiger partial charge >= 0.3 is 0 Å². The van der Waals surface area contributed by atoms with E-state index in [1.807, 2.05) is 29.2 Å². The largest absolute Gasteiger partial charge is 0.394 e. The van der Waals surface area contributed by atoms with E-state index in [2.05, 4.69) is 20.6 Å². The third-order valence-electron chi connectivity index (χ3n) is 3.97. The Morgan fingerprint density at radius 2 is 2.04 bits per heavy atom. The van der Waals surface area contributed by atoms with Gasteiger partial charge in [0.15, 0.2) is 0 Å². The number of hydrogen-bond acceptors (Lipinski definition) is 6. The number of amides is 1. The summed E-state index contributed by atoms with van der Waals surface area (Å²) in [6.07, 6.45) is 3.71. The lowest BCUT2D eigenvalue weighted by atomic mass is 10.2. The molecule has 0 bridgehead atoms. The van der Waals surface area contributed by atoms with Gasteiger partial charge in [-0.25, -0.2) is 4.98 Å². The van der Waals surface area contributed by atoms with E-state index in [0.29, 0.717) is 11.8 Å². The molecular weight excluding hydrogens is 306 g/mol. The van der Waals surface area contributed by atoms with Gasteiger partial charge in [0.25, 0.3) is 0 Å². The molecule has 1 aliphatic rings.